The molecule has 0 radical (unpaired) electrons. The van der Waals surface area contributed by atoms with Gasteiger partial charge in [-0.2, -0.15) is 16.9 Å². The molecule has 1 heterocycles. The Kier molecular flexibility index (Phi) is 6.59. The molecule has 1 N–H and O–H groups in total. The molecule has 0 bridgehead atoms. The second kappa shape index (κ2) is 7.44. The maximum Gasteiger partial charge on any atom is 0.0700 e. The van der Waals surface area contributed by atoms with E-state index in [1.165, 1.54) is 12.1 Å². The molecule has 0 spiro atoms. The molecule has 0 fully saturated rings. The van der Waals surface area contributed by atoms with Gasteiger partial charge in [0.05, 0.1) is 22.4 Å². The number of aromatic nitrogens is 2. The highest BCUT2D eigenvalue weighted by Crippen LogP contribution is 2.27. The zero-order valence-corrected chi connectivity index (χ0v) is 13.4. The molecule has 0 saturated carbocycles. The van der Waals surface area contributed by atoms with Crippen molar-refractivity contribution >= 4 is 27.7 Å². The molecule has 1 aromatic rings. The SMILES string of the molecule is CCNC(CSC(C)CC)c1c(Br)cnn1C. The van der Waals surface area contributed by atoms with E-state index in [0.29, 0.717) is 11.3 Å². The Balaban J connectivity index is 2.72. The van der Waals surface area contributed by atoms with Gasteiger partial charge in [0.15, 0.2) is 0 Å². The number of nitrogens with zero attached hydrogens (tertiary/aromatic N) is 2. The Labute approximate surface area is 117 Å². The minimum Gasteiger partial charge on any atom is -0.308 e. The van der Waals surface area contributed by atoms with E-state index in [9.17, 15) is 0 Å². The van der Waals surface area contributed by atoms with Gasteiger partial charge in [0.1, 0.15) is 0 Å². The Bertz CT molecular complexity index is 321. The lowest BCUT2D eigenvalue weighted by molar-refractivity contribution is 0.550. The van der Waals surface area contributed by atoms with Gasteiger partial charge in [-0.05, 0) is 28.9 Å². The predicted octanol–water partition coefficient (Wildman–Crippen LogP) is 3.36. The molecule has 3 nitrogen and oxygen atoms in total. The highest BCUT2D eigenvalue weighted by molar-refractivity contribution is 9.10. The van der Waals surface area contributed by atoms with Crippen molar-refractivity contribution in [3.63, 3.8) is 0 Å². The molecule has 2 unspecified atom stereocenters. The summed E-state index contributed by atoms with van der Waals surface area (Å²) < 4.78 is 3.05. The van der Waals surface area contributed by atoms with Crippen LogP contribution < -0.4 is 5.32 Å². The molecule has 1 aromatic heterocycles. The first-order valence-corrected chi connectivity index (χ1v) is 7.96. The van der Waals surface area contributed by atoms with E-state index in [1.54, 1.807) is 0 Å². The number of thioether (sulfide) groups is 1. The summed E-state index contributed by atoms with van der Waals surface area (Å²) in [6.07, 6.45) is 3.09. The quantitative estimate of drug-likeness (QED) is 0.835. The largest absolute Gasteiger partial charge is 0.308 e. The van der Waals surface area contributed by atoms with E-state index < -0.39 is 0 Å². The second-order valence-corrected chi connectivity index (χ2v) is 6.49. The van der Waals surface area contributed by atoms with Gasteiger partial charge in [-0.25, -0.2) is 0 Å². The lowest BCUT2D eigenvalue weighted by atomic mass is 10.2. The fourth-order valence-corrected chi connectivity index (χ4v) is 3.33. The van der Waals surface area contributed by atoms with Gasteiger partial charge in [0, 0.05) is 18.1 Å². The van der Waals surface area contributed by atoms with Crippen LogP contribution in [0.4, 0.5) is 0 Å². The number of halogens is 1. The Hall–Kier alpha value is 0. The smallest absolute Gasteiger partial charge is 0.0700 e. The van der Waals surface area contributed by atoms with Crippen molar-refractivity contribution in [2.75, 3.05) is 12.3 Å². The Morgan fingerprint density at radius 2 is 2.24 bits per heavy atom. The molecular formula is C12H22BrN3S. The third kappa shape index (κ3) is 4.30. The zero-order chi connectivity index (χ0) is 12.8. The van der Waals surface area contributed by atoms with Crippen LogP contribution in [0.3, 0.4) is 0 Å². The molecular weight excluding hydrogens is 298 g/mol. The van der Waals surface area contributed by atoms with Crippen molar-refractivity contribution in [2.24, 2.45) is 7.05 Å². The minimum atomic E-state index is 0.362. The van der Waals surface area contributed by atoms with Gasteiger partial charge >= 0.3 is 0 Å². The van der Waals surface area contributed by atoms with E-state index >= 15 is 0 Å². The molecule has 17 heavy (non-hydrogen) atoms. The molecule has 0 amide bonds. The summed E-state index contributed by atoms with van der Waals surface area (Å²) in [4.78, 5) is 0. The van der Waals surface area contributed by atoms with Crippen LogP contribution in [-0.2, 0) is 7.05 Å². The van der Waals surface area contributed by atoms with Gasteiger partial charge < -0.3 is 5.32 Å². The van der Waals surface area contributed by atoms with Crippen molar-refractivity contribution in [3.05, 3.63) is 16.4 Å². The average molecular weight is 320 g/mol. The summed E-state index contributed by atoms with van der Waals surface area (Å²) in [7, 11) is 2.00. The molecule has 1 rings (SSSR count). The van der Waals surface area contributed by atoms with Crippen LogP contribution in [0.5, 0.6) is 0 Å². The minimum absolute atomic E-state index is 0.362. The summed E-state index contributed by atoms with van der Waals surface area (Å²) in [5.41, 5.74) is 1.24. The first-order valence-electron chi connectivity index (χ1n) is 6.12. The lowest BCUT2D eigenvalue weighted by Crippen LogP contribution is -2.26. The van der Waals surface area contributed by atoms with E-state index in [2.05, 4.69) is 47.1 Å². The van der Waals surface area contributed by atoms with Gasteiger partial charge in [-0.15, -0.1) is 0 Å². The molecule has 98 valence electrons. The third-order valence-electron chi connectivity index (χ3n) is 2.84. The molecule has 0 aliphatic carbocycles. The summed E-state index contributed by atoms with van der Waals surface area (Å²) >= 11 is 5.59. The van der Waals surface area contributed by atoms with E-state index in [4.69, 9.17) is 0 Å². The van der Waals surface area contributed by atoms with E-state index in [-0.39, 0.29) is 0 Å². The number of rotatable bonds is 7. The lowest BCUT2D eigenvalue weighted by Gasteiger charge is -2.20. The maximum absolute atomic E-state index is 4.29. The number of hydrogen-bond donors (Lipinski definition) is 1. The standard InChI is InChI=1S/C12H22BrN3S/c1-5-9(3)17-8-11(14-6-2)12-10(13)7-15-16(12)4/h7,9,11,14H,5-6,8H2,1-4H3. The average Bonchev–Trinajstić information content (AvgIpc) is 2.64. The fraction of sp³-hybridized carbons (Fsp3) is 0.750. The van der Waals surface area contributed by atoms with Gasteiger partial charge in [0.2, 0.25) is 0 Å². The van der Waals surface area contributed by atoms with Crippen LogP contribution in [-0.4, -0.2) is 27.3 Å². The van der Waals surface area contributed by atoms with Crippen molar-refractivity contribution in [3.8, 4) is 0 Å². The van der Waals surface area contributed by atoms with E-state index in [1.807, 2.05) is 29.7 Å². The van der Waals surface area contributed by atoms with Crippen LogP contribution in [0.1, 0.15) is 38.9 Å². The van der Waals surface area contributed by atoms with Crippen LogP contribution in [0.2, 0.25) is 0 Å². The highest BCUT2D eigenvalue weighted by Gasteiger charge is 2.18. The number of nitrogens with one attached hydrogen (secondary N) is 1. The van der Waals surface area contributed by atoms with Crippen molar-refractivity contribution in [1.82, 2.24) is 15.1 Å². The van der Waals surface area contributed by atoms with Gasteiger partial charge in [-0.1, -0.05) is 20.8 Å². The molecule has 0 aliphatic heterocycles. The Morgan fingerprint density at radius 3 is 2.71 bits per heavy atom. The number of hydrogen-bond acceptors (Lipinski definition) is 3. The first-order chi connectivity index (χ1) is 8.10. The molecule has 2 atom stereocenters. The zero-order valence-electron chi connectivity index (χ0n) is 11.0. The van der Waals surface area contributed by atoms with E-state index in [0.717, 1.165) is 16.8 Å². The second-order valence-electron chi connectivity index (χ2n) is 4.16. The fourth-order valence-electron chi connectivity index (χ4n) is 1.67. The monoisotopic (exact) mass is 319 g/mol. The van der Waals surface area contributed by atoms with Crippen LogP contribution in [0, 0.1) is 0 Å². The summed E-state index contributed by atoms with van der Waals surface area (Å²) in [5.74, 6) is 1.08. The topological polar surface area (TPSA) is 29.9 Å². The molecule has 0 aliphatic rings. The van der Waals surface area contributed by atoms with Crippen molar-refractivity contribution in [2.45, 2.75) is 38.5 Å². The third-order valence-corrected chi connectivity index (χ3v) is 4.88. The van der Waals surface area contributed by atoms with Crippen LogP contribution in [0.25, 0.3) is 0 Å². The van der Waals surface area contributed by atoms with Crippen molar-refractivity contribution < 1.29 is 0 Å². The molecule has 0 saturated heterocycles. The predicted molar refractivity (Wildman–Crippen MR) is 79.5 cm³/mol. The normalized spacial score (nSPS) is 14.9. The van der Waals surface area contributed by atoms with Gasteiger partial charge in [-0.3, -0.25) is 4.68 Å². The Morgan fingerprint density at radius 1 is 1.53 bits per heavy atom. The van der Waals surface area contributed by atoms with Gasteiger partial charge in [0.25, 0.3) is 0 Å². The highest BCUT2D eigenvalue weighted by atomic mass is 79.9. The summed E-state index contributed by atoms with van der Waals surface area (Å²) in [6.45, 7) is 7.64. The summed E-state index contributed by atoms with van der Waals surface area (Å²) in [5, 5.41) is 8.53. The molecule has 0 aromatic carbocycles. The van der Waals surface area contributed by atoms with Crippen LogP contribution in [0.15, 0.2) is 10.7 Å². The summed E-state index contributed by atoms with van der Waals surface area (Å²) in [6, 6.07) is 0.362. The first kappa shape index (κ1) is 15.1. The van der Waals surface area contributed by atoms with Crippen LogP contribution >= 0.6 is 27.7 Å². The number of aryl methyl sites for hydroxylation is 1. The molecule has 5 heteroatoms. The maximum atomic E-state index is 4.29. The van der Waals surface area contributed by atoms with Crippen molar-refractivity contribution in [1.29, 1.82) is 0 Å².